The predicted molar refractivity (Wildman–Crippen MR) is 63.2 cm³/mol. The summed E-state index contributed by atoms with van der Waals surface area (Å²) in [6.07, 6.45) is 5.99. The molecule has 0 rings (SSSR count). The van der Waals surface area contributed by atoms with Crippen molar-refractivity contribution in [1.29, 1.82) is 0 Å². The Morgan fingerprint density at radius 3 is 2.46 bits per heavy atom. The number of alkyl halides is 1. The highest BCUT2D eigenvalue weighted by molar-refractivity contribution is 14.1. The third kappa shape index (κ3) is 8.53. The third-order valence-electron chi connectivity index (χ3n) is 1.82. The second-order valence-corrected chi connectivity index (χ2v) is 5.07. The highest BCUT2D eigenvalue weighted by Crippen LogP contribution is 2.05. The van der Waals surface area contributed by atoms with Crippen molar-refractivity contribution in [2.75, 3.05) is 6.61 Å². The Balaban J connectivity index is 3.12. The molecule has 0 aliphatic rings. The number of carbonyl (C=O) groups is 1. The molecule has 0 N–H and O–H groups in total. The van der Waals surface area contributed by atoms with Crippen LogP contribution in [0.25, 0.3) is 0 Å². The molecule has 78 valence electrons. The fourth-order valence-corrected chi connectivity index (χ4v) is 1.17. The molecule has 2 nitrogen and oxygen atoms in total. The van der Waals surface area contributed by atoms with Crippen LogP contribution >= 0.6 is 22.6 Å². The fraction of sp³-hybridized carbons (Fsp3) is 0.900. The summed E-state index contributed by atoms with van der Waals surface area (Å²) in [6.45, 7) is 4.63. The summed E-state index contributed by atoms with van der Waals surface area (Å²) >= 11 is 2.07. The van der Waals surface area contributed by atoms with Crippen LogP contribution in [0.5, 0.6) is 0 Å². The van der Waals surface area contributed by atoms with Crippen molar-refractivity contribution in [3.63, 3.8) is 0 Å². The van der Waals surface area contributed by atoms with Crippen molar-refractivity contribution in [3.8, 4) is 0 Å². The lowest BCUT2D eigenvalue weighted by Gasteiger charge is -2.05. The molecule has 0 aromatic rings. The van der Waals surface area contributed by atoms with E-state index in [0.717, 1.165) is 6.42 Å². The third-order valence-corrected chi connectivity index (χ3v) is 2.33. The summed E-state index contributed by atoms with van der Waals surface area (Å²) in [6, 6.07) is 0. The molecule has 3 heteroatoms. The lowest BCUT2D eigenvalue weighted by Crippen LogP contribution is -2.14. The minimum atomic E-state index is -0.0870. The second-order valence-electron chi connectivity index (χ2n) is 3.20. The molecular weight excluding hydrogens is 279 g/mol. The molecule has 1 atom stereocenters. The Labute approximate surface area is 94.6 Å². The van der Waals surface area contributed by atoms with Gasteiger partial charge in [0.1, 0.15) is 3.92 Å². The molecule has 0 bridgehead atoms. The van der Waals surface area contributed by atoms with E-state index in [2.05, 4.69) is 29.5 Å². The van der Waals surface area contributed by atoms with E-state index >= 15 is 0 Å². The lowest BCUT2D eigenvalue weighted by molar-refractivity contribution is -0.142. The first-order valence-electron chi connectivity index (χ1n) is 4.99. The summed E-state index contributed by atoms with van der Waals surface area (Å²) in [7, 11) is 0. The van der Waals surface area contributed by atoms with Crippen LogP contribution in [-0.4, -0.2) is 16.5 Å². The molecule has 0 fully saturated rings. The van der Waals surface area contributed by atoms with Gasteiger partial charge in [-0.25, -0.2) is 0 Å². The Kier molecular flexibility index (Phi) is 8.92. The molecular formula is C10H19IO2. The number of halogens is 1. The van der Waals surface area contributed by atoms with Crippen LogP contribution in [0.3, 0.4) is 0 Å². The lowest BCUT2D eigenvalue weighted by atomic mass is 10.2. The largest absolute Gasteiger partial charge is 0.465 e. The maximum Gasteiger partial charge on any atom is 0.318 e. The SMILES string of the molecule is CCCCCCCOC(=O)C(C)I. The van der Waals surface area contributed by atoms with Crippen LogP contribution in [0.2, 0.25) is 0 Å². The summed E-state index contributed by atoms with van der Waals surface area (Å²) < 4.78 is 5.02. The van der Waals surface area contributed by atoms with E-state index in [0.29, 0.717) is 6.61 Å². The van der Waals surface area contributed by atoms with Gasteiger partial charge in [0.25, 0.3) is 0 Å². The maximum absolute atomic E-state index is 11.0. The van der Waals surface area contributed by atoms with Crippen molar-refractivity contribution in [3.05, 3.63) is 0 Å². The van der Waals surface area contributed by atoms with E-state index in [4.69, 9.17) is 4.74 Å². The van der Waals surface area contributed by atoms with Crippen molar-refractivity contribution >= 4 is 28.6 Å². The Morgan fingerprint density at radius 1 is 1.31 bits per heavy atom. The van der Waals surface area contributed by atoms with Gasteiger partial charge in [-0.2, -0.15) is 0 Å². The van der Waals surface area contributed by atoms with Crippen LogP contribution in [0.15, 0.2) is 0 Å². The van der Waals surface area contributed by atoms with E-state index in [1.807, 2.05) is 6.92 Å². The fourth-order valence-electron chi connectivity index (χ4n) is 0.993. The van der Waals surface area contributed by atoms with Crippen LogP contribution in [0.1, 0.15) is 46.0 Å². The summed E-state index contributed by atoms with van der Waals surface area (Å²) in [5.41, 5.74) is 0. The van der Waals surface area contributed by atoms with E-state index in [-0.39, 0.29) is 9.89 Å². The highest BCUT2D eigenvalue weighted by Gasteiger charge is 2.08. The maximum atomic E-state index is 11.0. The van der Waals surface area contributed by atoms with E-state index in [9.17, 15) is 4.79 Å². The van der Waals surface area contributed by atoms with E-state index in [1.165, 1.54) is 25.7 Å². The van der Waals surface area contributed by atoms with Crippen molar-refractivity contribution in [1.82, 2.24) is 0 Å². The van der Waals surface area contributed by atoms with Gasteiger partial charge in [-0.3, -0.25) is 4.79 Å². The van der Waals surface area contributed by atoms with Crippen LogP contribution < -0.4 is 0 Å². The molecule has 1 unspecified atom stereocenters. The molecule has 0 saturated heterocycles. The number of hydrogen-bond acceptors (Lipinski definition) is 2. The molecule has 0 radical (unpaired) electrons. The van der Waals surface area contributed by atoms with Gasteiger partial charge in [0.05, 0.1) is 6.61 Å². The topological polar surface area (TPSA) is 26.3 Å². The molecule has 13 heavy (non-hydrogen) atoms. The van der Waals surface area contributed by atoms with Crippen LogP contribution in [0, 0.1) is 0 Å². The average Bonchev–Trinajstić information content (AvgIpc) is 2.10. The monoisotopic (exact) mass is 298 g/mol. The molecule has 0 spiro atoms. The summed E-state index contributed by atoms with van der Waals surface area (Å²) in [5.74, 6) is -0.0870. The summed E-state index contributed by atoms with van der Waals surface area (Å²) in [5, 5.41) is 0. The van der Waals surface area contributed by atoms with Gasteiger partial charge in [-0.15, -0.1) is 0 Å². The van der Waals surface area contributed by atoms with Crippen LogP contribution in [0.4, 0.5) is 0 Å². The smallest absolute Gasteiger partial charge is 0.318 e. The summed E-state index contributed by atoms with van der Waals surface area (Å²) in [4.78, 5) is 11.0. The first kappa shape index (κ1) is 13.2. The van der Waals surface area contributed by atoms with Crippen molar-refractivity contribution in [2.24, 2.45) is 0 Å². The van der Waals surface area contributed by atoms with Gasteiger partial charge < -0.3 is 4.74 Å². The van der Waals surface area contributed by atoms with Gasteiger partial charge in [-0.1, -0.05) is 55.2 Å². The van der Waals surface area contributed by atoms with E-state index in [1.54, 1.807) is 0 Å². The average molecular weight is 298 g/mol. The van der Waals surface area contributed by atoms with Gasteiger partial charge in [-0.05, 0) is 13.3 Å². The predicted octanol–water partition coefficient (Wildman–Crippen LogP) is 3.32. The van der Waals surface area contributed by atoms with Gasteiger partial charge in [0, 0.05) is 0 Å². The number of unbranched alkanes of at least 4 members (excludes halogenated alkanes) is 4. The Hall–Kier alpha value is 0.200. The van der Waals surface area contributed by atoms with Gasteiger partial charge >= 0.3 is 5.97 Å². The first-order valence-corrected chi connectivity index (χ1v) is 6.23. The van der Waals surface area contributed by atoms with Crippen molar-refractivity contribution in [2.45, 2.75) is 49.9 Å². The quantitative estimate of drug-likeness (QED) is 0.312. The first-order chi connectivity index (χ1) is 6.18. The van der Waals surface area contributed by atoms with Gasteiger partial charge in [0.2, 0.25) is 0 Å². The highest BCUT2D eigenvalue weighted by atomic mass is 127. The number of carbonyl (C=O) groups excluding carboxylic acids is 1. The van der Waals surface area contributed by atoms with Crippen LogP contribution in [-0.2, 0) is 9.53 Å². The van der Waals surface area contributed by atoms with E-state index < -0.39 is 0 Å². The van der Waals surface area contributed by atoms with Crippen molar-refractivity contribution < 1.29 is 9.53 Å². The second kappa shape index (κ2) is 8.78. The standard InChI is InChI=1S/C10H19IO2/c1-3-4-5-6-7-8-13-10(12)9(2)11/h9H,3-8H2,1-2H3. The number of hydrogen-bond donors (Lipinski definition) is 0. The molecule has 0 heterocycles. The zero-order valence-electron chi connectivity index (χ0n) is 8.51. The minimum absolute atomic E-state index is 0.0201. The molecule has 0 aromatic carbocycles. The Bertz CT molecular complexity index is 135. The number of rotatable bonds is 7. The molecule has 0 aliphatic heterocycles. The van der Waals surface area contributed by atoms with Gasteiger partial charge in [0.15, 0.2) is 0 Å². The minimum Gasteiger partial charge on any atom is -0.465 e. The number of esters is 1. The molecule has 0 saturated carbocycles. The molecule has 0 aliphatic carbocycles. The Morgan fingerprint density at radius 2 is 1.92 bits per heavy atom. The molecule has 0 aromatic heterocycles. The molecule has 0 amide bonds. The number of ether oxygens (including phenoxy) is 1. The zero-order chi connectivity index (χ0) is 10.1. The zero-order valence-corrected chi connectivity index (χ0v) is 10.7. The normalized spacial score (nSPS) is 12.5.